The number of aromatic nitrogens is 4. The molecule has 0 spiro atoms. The molecule has 2 bridgehead atoms. The minimum Gasteiger partial charge on any atom is -0.389 e. The Morgan fingerprint density at radius 2 is 2.32 bits per heavy atom. The molecule has 4 rings (SSSR count). The smallest absolute Gasteiger partial charge is 0.183 e. The van der Waals surface area contributed by atoms with E-state index < -0.39 is 12.4 Å². The van der Waals surface area contributed by atoms with Crippen molar-refractivity contribution >= 4 is 0 Å². The van der Waals surface area contributed by atoms with E-state index in [-0.39, 0.29) is 18.2 Å². The van der Waals surface area contributed by atoms with Crippen LogP contribution in [0.25, 0.3) is 0 Å². The van der Waals surface area contributed by atoms with Crippen molar-refractivity contribution in [1.29, 1.82) is 0 Å². The number of fused-ring (bicyclic) bond motifs is 2. The van der Waals surface area contributed by atoms with E-state index in [1.807, 2.05) is 30.1 Å². The van der Waals surface area contributed by atoms with Crippen LogP contribution in [0, 0.1) is 0 Å². The summed E-state index contributed by atoms with van der Waals surface area (Å²) in [6.45, 7) is 1.03. The van der Waals surface area contributed by atoms with Gasteiger partial charge in [0.1, 0.15) is 18.0 Å². The van der Waals surface area contributed by atoms with E-state index in [0.29, 0.717) is 13.2 Å². The third kappa shape index (κ3) is 2.24. The molecule has 2 aromatic rings. The molecule has 0 amide bonds. The van der Waals surface area contributed by atoms with Gasteiger partial charge >= 0.3 is 0 Å². The molecule has 5 unspecified atom stereocenters. The lowest BCUT2D eigenvalue weighted by atomic mass is 9.96. The second-order valence-corrected chi connectivity index (χ2v) is 5.70. The van der Waals surface area contributed by atoms with E-state index >= 15 is 0 Å². The molecule has 2 N–H and O–H groups in total. The zero-order valence-electron chi connectivity index (χ0n) is 12.2. The van der Waals surface area contributed by atoms with Crippen LogP contribution in [0.15, 0.2) is 30.9 Å². The Hall–Kier alpha value is -1.74. The van der Waals surface area contributed by atoms with Gasteiger partial charge in [0.05, 0.1) is 25.3 Å². The Kier molecular flexibility index (Phi) is 3.45. The first-order valence-electron chi connectivity index (χ1n) is 7.38. The number of rotatable bonds is 4. The number of nitrogens with one attached hydrogen (secondary N) is 1. The molecule has 5 atom stereocenters. The first kappa shape index (κ1) is 13.9. The summed E-state index contributed by atoms with van der Waals surface area (Å²) >= 11 is 0. The largest absolute Gasteiger partial charge is 0.389 e. The van der Waals surface area contributed by atoms with E-state index in [1.54, 1.807) is 17.1 Å². The summed E-state index contributed by atoms with van der Waals surface area (Å²) in [6.07, 6.45) is 5.89. The molecule has 118 valence electrons. The highest BCUT2D eigenvalue weighted by Crippen LogP contribution is 2.35. The van der Waals surface area contributed by atoms with Crippen LogP contribution in [0.2, 0.25) is 0 Å². The first-order chi connectivity index (χ1) is 10.7. The average molecular weight is 305 g/mol. The number of hydrogen-bond donors (Lipinski definition) is 2. The molecular formula is C14H19N5O3. The molecule has 0 aromatic carbocycles. The van der Waals surface area contributed by atoms with Crippen LogP contribution in [-0.2, 0) is 23.1 Å². The Balaban J connectivity index is 1.52. The fourth-order valence-electron chi connectivity index (χ4n) is 3.17. The molecule has 8 heteroatoms. The molecule has 22 heavy (non-hydrogen) atoms. The van der Waals surface area contributed by atoms with E-state index in [1.165, 1.54) is 0 Å². The lowest BCUT2D eigenvalue weighted by Gasteiger charge is -2.38. The number of aryl methyl sites for hydroxylation is 1. The molecule has 4 heterocycles. The van der Waals surface area contributed by atoms with Crippen LogP contribution in [0.5, 0.6) is 0 Å². The highest BCUT2D eigenvalue weighted by atomic mass is 16.7. The van der Waals surface area contributed by atoms with Crippen molar-refractivity contribution in [2.45, 2.75) is 37.1 Å². The zero-order chi connectivity index (χ0) is 15.1. The zero-order valence-corrected chi connectivity index (χ0v) is 12.2. The maximum Gasteiger partial charge on any atom is 0.183 e. The Morgan fingerprint density at radius 1 is 1.41 bits per heavy atom. The van der Waals surface area contributed by atoms with E-state index in [9.17, 15) is 5.11 Å². The fourth-order valence-corrected chi connectivity index (χ4v) is 3.17. The number of nitrogens with zero attached hydrogens (tertiary/aromatic N) is 4. The summed E-state index contributed by atoms with van der Waals surface area (Å²) in [5.41, 5.74) is 0. The van der Waals surface area contributed by atoms with Gasteiger partial charge in [-0.3, -0.25) is 4.68 Å². The predicted octanol–water partition coefficient (Wildman–Crippen LogP) is -0.568. The molecule has 8 nitrogen and oxygen atoms in total. The van der Waals surface area contributed by atoms with Gasteiger partial charge in [0.25, 0.3) is 0 Å². The Morgan fingerprint density at radius 3 is 3.05 bits per heavy atom. The van der Waals surface area contributed by atoms with E-state index in [4.69, 9.17) is 9.47 Å². The number of aliphatic hydroxyl groups is 1. The summed E-state index contributed by atoms with van der Waals surface area (Å²) in [4.78, 5) is 4.28. The summed E-state index contributed by atoms with van der Waals surface area (Å²) < 4.78 is 15.2. The van der Waals surface area contributed by atoms with Crippen molar-refractivity contribution in [3.8, 4) is 0 Å². The van der Waals surface area contributed by atoms with Crippen LogP contribution in [0.4, 0.5) is 0 Å². The molecule has 2 fully saturated rings. The number of ether oxygens (including phenoxy) is 2. The normalized spacial score (nSPS) is 34.2. The summed E-state index contributed by atoms with van der Waals surface area (Å²) in [5, 5.41) is 18.3. The van der Waals surface area contributed by atoms with Crippen molar-refractivity contribution < 1.29 is 14.6 Å². The van der Waals surface area contributed by atoms with Crippen LogP contribution in [0.1, 0.15) is 11.9 Å². The minimum atomic E-state index is -0.647. The van der Waals surface area contributed by atoms with E-state index in [2.05, 4.69) is 15.4 Å². The average Bonchev–Trinajstić information content (AvgIpc) is 3.22. The Labute approximate surface area is 127 Å². The lowest BCUT2D eigenvalue weighted by Crippen LogP contribution is -2.57. The van der Waals surface area contributed by atoms with Gasteiger partial charge in [0.15, 0.2) is 6.29 Å². The van der Waals surface area contributed by atoms with E-state index in [0.717, 1.165) is 5.82 Å². The maximum atomic E-state index is 10.8. The van der Waals surface area contributed by atoms with Gasteiger partial charge in [-0.2, -0.15) is 5.10 Å². The first-order valence-corrected chi connectivity index (χ1v) is 7.38. The van der Waals surface area contributed by atoms with Crippen molar-refractivity contribution in [3.05, 3.63) is 36.7 Å². The molecule has 2 aliphatic heterocycles. The van der Waals surface area contributed by atoms with Gasteiger partial charge in [-0.15, -0.1) is 0 Å². The minimum absolute atomic E-state index is 0.160. The third-order valence-corrected chi connectivity index (χ3v) is 4.38. The van der Waals surface area contributed by atoms with Crippen LogP contribution < -0.4 is 5.32 Å². The topological polar surface area (TPSA) is 86.4 Å². The third-order valence-electron chi connectivity index (χ3n) is 4.38. The molecular weight excluding hydrogens is 286 g/mol. The molecule has 0 saturated carbocycles. The van der Waals surface area contributed by atoms with Crippen molar-refractivity contribution in [3.63, 3.8) is 0 Å². The SMILES string of the molecule is Cn1ccnc1CNC1C2COC(O2)C(n2cccn2)C1O. The van der Waals surface area contributed by atoms with Gasteiger partial charge in [0, 0.05) is 31.8 Å². The van der Waals surface area contributed by atoms with Crippen LogP contribution in [0.3, 0.4) is 0 Å². The summed E-state index contributed by atoms with van der Waals surface area (Å²) in [6, 6.07) is 1.24. The van der Waals surface area contributed by atoms with Gasteiger partial charge < -0.3 is 24.5 Å². The number of aliphatic hydroxyl groups excluding tert-OH is 1. The summed E-state index contributed by atoms with van der Waals surface area (Å²) in [5.74, 6) is 0.906. The van der Waals surface area contributed by atoms with Crippen LogP contribution >= 0.6 is 0 Å². The van der Waals surface area contributed by atoms with Gasteiger partial charge in [-0.25, -0.2) is 4.98 Å². The molecule has 0 aliphatic carbocycles. The van der Waals surface area contributed by atoms with Crippen LogP contribution in [-0.4, -0.2) is 55.6 Å². The highest BCUT2D eigenvalue weighted by Gasteiger charge is 2.51. The Bertz CT molecular complexity index is 628. The second kappa shape index (κ2) is 5.47. The van der Waals surface area contributed by atoms with Crippen molar-refractivity contribution in [2.24, 2.45) is 7.05 Å². The second-order valence-electron chi connectivity index (χ2n) is 5.70. The monoisotopic (exact) mass is 305 g/mol. The maximum absolute atomic E-state index is 10.8. The van der Waals surface area contributed by atoms with Gasteiger partial charge in [-0.1, -0.05) is 0 Å². The lowest BCUT2D eigenvalue weighted by molar-refractivity contribution is -0.168. The van der Waals surface area contributed by atoms with Crippen molar-refractivity contribution in [1.82, 2.24) is 24.6 Å². The number of hydrogen-bond acceptors (Lipinski definition) is 6. The highest BCUT2D eigenvalue weighted by molar-refractivity contribution is 5.01. The predicted molar refractivity (Wildman–Crippen MR) is 75.7 cm³/mol. The molecule has 2 aliphatic rings. The molecule has 2 aromatic heterocycles. The molecule has 2 saturated heterocycles. The van der Waals surface area contributed by atoms with Crippen molar-refractivity contribution in [2.75, 3.05) is 6.61 Å². The molecule has 0 radical (unpaired) electrons. The quantitative estimate of drug-likeness (QED) is 0.787. The van der Waals surface area contributed by atoms with Gasteiger partial charge in [0.2, 0.25) is 0 Å². The fraction of sp³-hybridized carbons (Fsp3) is 0.571. The van der Waals surface area contributed by atoms with Gasteiger partial charge in [-0.05, 0) is 6.07 Å². The number of imidazole rings is 1. The standard InChI is InChI=1S/C14H19N5O3/c1-18-6-4-15-10(18)7-16-11-9-8-21-14(22-9)12(13(11)20)19-5-2-3-17-19/h2-6,9,11-14,16,20H,7-8H2,1H3. The summed E-state index contributed by atoms with van der Waals surface area (Å²) in [7, 11) is 1.94.